The lowest BCUT2D eigenvalue weighted by molar-refractivity contribution is 0.0965. The first-order chi connectivity index (χ1) is 18.6. The maximum absolute atomic E-state index is 13.1. The van der Waals surface area contributed by atoms with Crippen LogP contribution in [-0.2, 0) is 27.7 Å². The molecule has 1 saturated heterocycles. The molecule has 2 aliphatic heterocycles. The van der Waals surface area contributed by atoms with Crippen LogP contribution >= 0.6 is 11.3 Å². The molecule has 0 radical (unpaired) electrons. The van der Waals surface area contributed by atoms with E-state index < -0.39 is 34.0 Å². The number of nitrogens with zero attached hydrogens (tertiary/aromatic N) is 2. The molecule has 0 atom stereocenters. The smallest absolute Gasteiger partial charge is 0.410 e. The lowest BCUT2D eigenvalue weighted by atomic mass is 10.0. The molecule has 12 nitrogen and oxygen atoms in total. The Bertz CT molecular complexity index is 1360. The normalized spacial score (nSPS) is 16.1. The summed E-state index contributed by atoms with van der Waals surface area (Å²) in [6.45, 7) is 3.33. The molecule has 2 aliphatic rings. The van der Waals surface area contributed by atoms with Crippen molar-refractivity contribution in [3.63, 3.8) is 0 Å². The Hall–Kier alpha value is -3.49. The second kappa shape index (κ2) is 12.1. The molecule has 3 heterocycles. The summed E-state index contributed by atoms with van der Waals surface area (Å²) in [7, 11) is -3.67. The van der Waals surface area contributed by atoms with Crippen LogP contribution in [0.3, 0.4) is 0 Å². The number of primary amides is 1. The molecule has 0 saturated carbocycles. The monoisotopic (exact) mass is 577 g/mol. The van der Waals surface area contributed by atoms with Gasteiger partial charge in [0.1, 0.15) is 5.00 Å². The highest BCUT2D eigenvalue weighted by Gasteiger charge is 2.32. The number of nitrogens with two attached hydrogens (primary N) is 1. The fourth-order valence-corrected chi connectivity index (χ4v) is 7.43. The van der Waals surface area contributed by atoms with Crippen LogP contribution in [0.1, 0.15) is 63.8 Å². The fraction of sp³-hybridized carbons (Fsp3) is 0.440. The second-order valence-electron chi connectivity index (χ2n) is 9.19. The molecular weight excluding hydrogens is 546 g/mol. The van der Waals surface area contributed by atoms with Gasteiger partial charge >= 0.3 is 12.1 Å². The number of anilines is 1. The minimum atomic E-state index is -3.67. The van der Waals surface area contributed by atoms with Crippen LogP contribution < -0.4 is 16.4 Å². The third-order valence-electron chi connectivity index (χ3n) is 6.59. The highest BCUT2D eigenvalue weighted by molar-refractivity contribution is 7.89. The second-order valence-corrected chi connectivity index (χ2v) is 12.2. The van der Waals surface area contributed by atoms with Crippen molar-refractivity contribution in [2.75, 3.05) is 31.6 Å². The van der Waals surface area contributed by atoms with Crippen molar-refractivity contribution in [3.05, 3.63) is 45.8 Å². The minimum absolute atomic E-state index is 0.103. The first-order valence-corrected chi connectivity index (χ1v) is 15.0. The molecule has 4 N–H and O–H groups in total. The maximum atomic E-state index is 13.1. The topological polar surface area (TPSA) is 168 Å². The molecule has 1 fully saturated rings. The molecule has 2 aromatic rings. The molecule has 14 heteroatoms. The van der Waals surface area contributed by atoms with Crippen molar-refractivity contribution in [2.45, 2.75) is 50.5 Å². The van der Waals surface area contributed by atoms with Gasteiger partial charge in [-0.15, -0.1) is 11.3 Å². The number of urea groups is 1. The number of imide groups is 1. The number of hydrogen-bond acceptors (Lipinski definition) is 8. The fourth-order valence-electron chi connectivity index (χ4n) is 4.66. The lowest BCUT2D eigenvalue weighted by Gasteiger charge is -2.26. The Morgan fingerprint density at radius 3 is 2.28 bits per heavy atom. The van der Waals surface area contributed by atoms with Crippen molar-refractivity contribution in [3.8, 4) is 0 Å². The average molecular weight is 578 g/mol. The molecule has 0 unspecified atom stereocenters. The zero-order chi connectivity index (χ0) is 28.2. The van der Waals surface area contributed by atoms with Gasteiger partial charge in [-0.05, 0) is 56.0 Å². The number of amides is 5. The summed E-state index contributed by atoms with van der Waals surface area (Å²) in [5.41, 5.74) is 6.04. The molecule has 210 valence electrons. The van der Waals surface area contributed by atoms with Gasteiger partial charge in [-0.1, -0.05) is 12.8 Å². The minimum Gasteiger partial charge on any atom is -0.450 e. The van der Waals surface area contributed by atoms with Crippen molar-refractivity contribution in [2.24, 2.45) is 5.73 Å². The standard InChI is InChI=1S/C25H31N5O7S2/c1-2-37-25(34)29-14-11-18-19(15-29)38-23(20(18)22(32)28-24(26)33)27-21(31)16-7-9-17(10-8-16)39(35,36)30-12-5-3-4-6-13-30/h7-10H,2-6,11-15H2,1H3,(H,27,31)(H3,26,28,32,33). The first kappa shape index (κ1) is 28.5. The summed E-state index contributed by atoms with van der Waals surface area (Å²) in [6.07, 6.45) is 3.45. The number of hydrogen-bond donors (Lipinski definition) is 3. The number of thiophene rings is 1. The van der Waals surface area contributed by atoms with E-state index in [-0.39, 0.29) is 34.2 Å². The maximum Gasteiger partial charge on any atom is 0.410 e. The Morgan fingerprint density at radius 2 is 1.67 bits per heavy atom. The quantitative estimate of drug-likeness (QED) is 0.474. The highest BCUT2D eigenvalue weighted by Crippen LogP contribution is 2.37. The van der Waals surface area contributed by atoms with Crippen LogP contribution in [0.15, 0.2) is 29.2 Å². The van der Waals surface area contributed by atoms with E-state index in [2.05, 4.69) is 5.32 Å². The average Bonchev–Trinajstić information content (AvgIpc) is 3.04. The van der Waals surface area contributed by atoms with Crippen LogP contribution in [0.4, 0.5) is 14.6 Å². The van der Waals surface area contributed by atoms with E-state index in [1.807, 2.05) is 5.32 Å². The number of rotatable bonds is 6. The van der Waals surface area contributed by atoms with E-state index in [1.54, 1.807) is 6.92 Å². The van der Waals surface area contributed by atoms with E-state index in [4.69, 9.17) is 10.5 Å². The van der Waals surface area contributed by atoms with Crippen molar-refractivity contribution in [1.82, 2.24) is 14.5 Å². The molecule has 39 heavy (non-hydrogen) atoms. The van der Waals surface area contributed by atoms with Crippen molar-refractivity contribution in [1.29, 1.82) is 0 Å². The molecule has 0 spiro atoms. The molecule has 1 aromatic heterocycles. The Morgan fingerprint density at radius 1 is 1.00 bits per heavy atom. The SMILES string of the molecule is CCOC(=O)N1CCc2c(sc(NC(=O)c3ccc(S(=O)(=O)N4CCCCCC4)cc3)c2C(=O)NC(N)=O)C1. The van der Waals surface area contributed by atoms with E-state index in [9.17, 15) is 27.6 Å². The Labute approximate surface area is 230 Å². The van der Waals surface area contributed by atoms with Gasteiger partial charge < -0.3 is 20.7 Å². The van der Waals surface area contributed by atoms with Gasteiger partial charge in [-0.3, -0.25) is 14.9 Å². The van der Waals surface area contributed by atoms with E-state index in [0.717, 1.165) is 37.0 Å². The number of carbonyl (C=O) groups excluding carboxylic acids is 4. The van der Waals surface area contributed by atoms with Gasteiger partial charge in [0.2, 0.25) is 10.0 Å². The zero-order valence-corrected chi connectivity index (χ0v) is 23.2. The summed E-state index contributed by atoms with van der Waals surface area (Å²) in [5.74, 6) is -1.33. The Kier molecular flexibility index (Phi) is 8.87. The zero-order valence-electron chi connectivity index (χ0n) is 21.5. The van der Waals surface area contributed by atoms with Gasteiger partial charge in [0, 0.05) is 30.1 Å². The van der Waals surface area contributed by atoms with Gasteiger partial charge in [0.05, 0.1) is 23.6 Å². The number of carbonyl (C=O) groups is 4. The van der Waals surface area contributed by atoms with E-state index >= 15 is 0 Å². The molecule has 1 aromatic carbocycles. The molecule has 4 rings (SSSR count). The summed E-state index contributed by atoms with van der Waals surface area (Å²) < 4.78 is 32.7. The van der Waals surface area contributed by atoms with Gasteiger partial charge in [0.15, 0.2) is 0 Å². The molecule has 5 amide bonds. The summed E-state index contributed by atoms with van der Waals surface area (Å²) in [4.78, 5) is 51.8. The summed E-state index contributed by atoms with van der Waals surface area (Å²) in [5, 5.41) is 4.94. The van der Waals surface area contributed by atoms with Gasteiger partial charge in [0.25, 0.3) is 11.8 Å². The number of sulfonamides is 1. The number of fused-ring (bicyclic) bond motifs is 1. The molecule has 0 bridgehead atoms. The first-order valence-electron chi connectivity index (χ1n) is 12.7. The van der Waals surface area contributed by atoms with Crippen LogP contribution in [0, 0.1) is 0 Å². The van der Waals surface area contributed by atoms with E-state index in [0.29, 0.717) is 36.5 Å². The van der Waals surface area contributed by atoms with Crippen molar-refractivity contribution >= 4 is 50.3 Å². The predicted octanol–water partition coefficient (Wildman–Crippen LogP) is 2.89. The third-order valence-corrected chi connectivity index (χ3v) is 9.64. The van der Waals surface area contributed by atoms with Crippen molar-refractivity contribution < 1.29 is 32.3 Å². The highest BCUT2D eigenvalue weighted by atomic mass is 32.2. The number of ether oxygens (including phenoxy) is 1. The number of benzene rings is 1. The molecular formula is C25H31N5O7S2. The Balaban J connectivity index is 1.56. The lowest BCUT2D eigenvalue weighted by Crippen LogP contribution is -2.38. The third kappa shape index (κ3) is 6.40. The summed E-state index contributed by atoms with van der Waals surface area (Å²) >= 11 is 1.11. The van der Waals surface area contributed by atoms with Gasteiger partial charge in [-0.25, -0.2) is 18.0 Å². The van der Waals surface area contributed by atoms with Crippen LogP contribution in [0.25, 0.3) is 0 Å². The summed E-state index contributed by atoms with van der Waals surface area (Å²) in [6, 6.07) is 4.58. The van der Waals surface area contributed by atoms with Gasteiger partial charge in [-0.2, -0.15) is 4.31 Å². The van der Waals surface area contributed by atoms with Crippen LogP contribution in [0.2, 0.25) is 0 Å². The van der Waals surface area contributed by atoms with Crippen LogP contribution in [-0.4, -0.2) is 67.8 Å². The number of nitrogens with one attached hydrogen (secondary N) is 2. The predicted molar refractivity (Wildman–Crippen MR) is 144 cm³/mol. The van der Waals surface area contributed by atoms with E-state index in [1.165, 1.54) is 33.5 Å². The molecule has 0 aliphatic carbocycles. The van der Waals surface area contributed by atoms with Crippen LogP contribution in [0.5, 0.6) is 0 Å². The largest absolute Gasteiger partial charge is 0.450 e.